The Morgan fingerprint density at radius 1 is 0.962 bits per heavy atom. The Morgan fingerprint density at radius 2 is 1.58 bits per heavy atom. The monoisotopic (exact) mass is 368 g/mol. The SMILES string of the molecule is C/C=C(/C)S/C(=C(\C)c1ccc(C(C)(C)C)cc1)c1cc(C)cc(F)c1. The van der Waals surface area contributed by atoms with Crippen molar-refractivity contribution in [1.82, 2.24) is 0 Å². The fourth-order valence-corrected chi connectivity index (χ4v) is 3.74. The number of allylic oxidation sites excluding steroid dienone is 3. The van der Waals surface area contributed by atoms with Gasteiger partial charge in [-0.05, 0) is 78.0 Å². The molecular formula is C24H29FS. The number of hydrogen-bond donors (Lipinski definition) is 0. The van der Waals surface area contributed by atoms with Crippen LogP contribution in [0, 0.1) is 12.7 Å². The zero-order valence-electron chi connectivity index (χ0n) is 16.9. The molecule has 2 aromatic carbocycles. The molecule has 138 valence electrons. The molecule has 0 nitrogen and oxygen atoms in total. The highest BCUT2D eigenvalue weighted by Gasteiger charge is 2.15. The van der Waals surface area contributed by atoms with E-state index < -0.39 is 0 Å². The summed E-state index contributed by atoms with van der Waals surface area (Å²) < 4.78 is 14.0. The maximum Gasteiger partial charge on any atom is 0.124 e. The third-order valence-electron chi connectivity index (χ3n) is 4.50. The van der Waals surface area contributed by atoms with Gasteiger partial charge in [0, 0.05) is 4.91 Å². The molecule has 0 aliphatic carbocycles. The molecule has 0 aromatic heterocycles. The lowest BCUT2D eigenvalue weighted by atomic mass is 9.86. The molecule has 0 N–H and O–H groups in total. The van der Waals surface area contributed by atoms with E-state index in [4.69, 9.17) is 0 Å². The Morgan fingerprint density at radius 3 is 2.08 bits per heavy atom. The first-order valence-corrected chi connectivity index (χ1v) is 9.83. The van der Waals surface area contributed by atoms with Gasteiger partial charge in [0.25, 0.3) is 0 Å². The van der Waals surface area contributed by atoms with Crippen LogP contribution in [0.4, 0.5) is 4.39 Å². The van der Waals surface area contributed by atoms with E-state index >= 15 is 0 Å². The van der Waals surface area contributed by atoms with Crippen molar-refractivity contribution in [3.05, 3.63) is 81.5 Å². The molecule has 26 heavy (non-hydrogen) atoms. The van der Waals surface area contributed by atoms with Crippen molar-refractivity contribution in [2.45, 2.75) is 53.9 Å². The predicted molar refractivity (Wildman–Crippen MR) is 116 cm³/mol. The van der Waals surface area contributed by atoms with Gasteiger partial charge in [-0.3, -0.25) is 0 Å². The van der Waals surface area contributed by atoms with Crippen molar-refractivity contribution in [3.63, 3.8) is 0 Å². The first kappa shape index (κ1) is 20.5. The fourth-order valence-electron chi connectivity index (χ4n) is 2.79. The number of halogens is 1. The minimum atomic E-state index is -0.188. The quantitative estimate of drug-likeness (QED) is 0.493. The summed E-state index contributed by atoms with van der Waals surface area (Å²) in [5.41, 5.74) is 5.66. The topological polar surface area (TPSA) is 0 Å². The summed E-state index contributed by atoms with van der Waals surface area (Å²) >= 11 is 1.70. The summed E-state index contributed by atoms with van der Waals surface area (Å²) in [5, 5.41) is 0. The molecule has 0 spiro atoms. The summed E-state index contributed by atoms with van der Waals surface area (Å²) in [7, 11) is 0. The Labute approximate surface area is 162 Å². The molecule has 0 bridgehead atoms. The van der Waals surface area contributed by atoms with E-state index in [0.29, 0.717) is 0 Å². The molecule has 0 aliphatic rings. The van der Waals surface area contributed by atoms with Gasteiger partial charge < -0.3 is 0 Å². The molecule has 0 heterocycles. The van der Waals surface area contributed by atoms with Crippen LogP contribution in [-0.2, 0) is 5.41 Å². The number of rotatable bonds is 4. The zero-order chi connectivity index (χ0) is 19.5. The second-order valence-corrected chi connectivity index (χ2v) is 9.06. The van der Waals surface area contributed by atoms with Gasteiger partial charge in [0.2, 0.25) is 0 Å². The van der Waals surface area contributed by atoms with Crippen molar-refractivity contribution >= 4 is 22.2 Å². The predicted octanol–water partition coefficient (Wildman–Crippen LogP) is 7.98. The maximum absolute atomic E-state index is 14.0. The molecule has 2 rings (SSSR count). The Balaban J connectivity index is 2.58. The van der Waals surface area contributed by atoms with Gasteiger partial charge in [0.05, 0.1) is 0 Å². The maximum atomic E-state index is 14.0. The molecule has 0 atom stereocenters. The van der Waals surface area contributed by atoms with Crippen molar-refractivity contribution < 1.29 is 4.39 Å². The molecule has 0 aliphatic heterocycles. The Kier molecular flexibility index (Phi) is 6.52. The van der Waals surface area contributed by atoms with Crippen LogP contribution in [0.2, 0.25) is 0 Å². The first-order chi connectivity index (χ1) is 12.1. The second-order valence-electron chi connectivity index (χ2n) is 7.80. The van der Waals surface area contributed by atoms with E-state index in [2.05, 4.69) is 71.0 Å². The largest absolute Gasteiger partial charge is 0.207 e. The van der Waals surface area contributed by atoms with Crippen LogP contribution < -0.4 is 0 Å². The number of thioether (sulfide) groups is 1. The van der Waals surface area contributed by atoms with Crippen LogP contribution >= 0.6 is 11.8 Å². The van der Waals surface area contributed by atoms with Gasteiger partial charge in [-0.1, -0.05) is 68.9 Å². The zero-order valence-corrected chi connectivity index (χ0v) is 17.7. The van der Waals surface area contributed by atoms with E-state index in [1.54, 1.807) is 23.9 Å². The number of aryl methyl sites for hydroxylation is 1. The third-order valence-corrected chi connectivity index (χ3v) is 5.80. The van der Waals surface area contributed by atoms with Crippen LogP contribution in [-0.4, -0.2) is 0 Å². The fraction of sp³-hybridized carbons (Fsp3) is 0.333. The summed E-state index contributed by atoms with van der Waals surface area (Å²) in [6, 6.07) is 14.0. The average molecular weight is 369 g/mol. The van der Waals surface area contributed by atoms with Crippen molar-refractivity contribution in [1.29, 1.82) is 0 Å². The second kappa shape index (κ2) is 8.26. The van der Waals surface area contributed by atoms with E-state index in [1.165, 1.54) is 21.6 Å². The Bertz CT molecular complexity index is 813. The van der Waals surface area contributed by atoms with E-state index in [1.807, 2.05) is 13.8 Å². The highest BCUT2D eigenvalue weighted by atomic mass is 32.2. The van der Waals surface area contributed by atoms with Crippen LogP contribution in [0.15, 0.2) is 53.4 Å². The molecule has 0 amide bonds. The normalized spacial score (nSPS) is 13.6. The van der Waals surface area contributed by atoms with Gasteiger partial charge in [0.1, 0.15) is 5.82 Å². The molecule has 2 aromatic rings. The molecule has 0 fully saturated rings. The number of benzene rings is 2. The minimum Gasteiger partial charge on any atom is -0.207 e. The lowest BCUT2D eigenvalue weighted by molar-refractivity contribution is 0.590. The van der Waals surface area contributed by atoms with Gasteiger partial charge in [-0.15, -0.1) is 0 Å². The average Bonchev–Trinajstić information content (AvgIpc) is 2.57. The molecule has 0 unspecified atom stereocenters. The molecule has 0 saturated heterocycles. The van der Waals surface area contributed by atoms with Gasteiger partial charge >= 0.3 is 0 Å². The van der Waals surface area contributed by atoms with Crippen LogP contribution in [0.1, 0.15) is 63.8 Å². The van der Waals surface area contributed by atoms with Gasteiger partial charge in [0.15, 0.2) is 0 Å². The highest BCUT2D eigenvalue weighted by molar-refractivity contribution is 8.12. The van der Waals surface area contributed by atoms with Crippen molar-refractivity contribution in [3.8, 4) is 0 Å². The lowest BCUT2D eigenvalue weighted by Gasteiger charge is -2.20. The van der Waals surface area contributed by atoms with Crippen LogP contribution in [0.25, 0.3) is 10.5 Å². The summed E-state index contributed by atoms with van der Waals surface area (Å²) in [6.45, 7) is 14.8. The standard InChI is InChI=1S/C24H29FS/c1-8-17(3)26-23(20-13-16(2)14-22(25)15-20)18(4)19-9-11-21(12-10-19)24(5,6)7/h8-15H,1-7H3/b17-8-,23-18+. The van der Waals surface area contributed by atoms with Crippen molar-refractivity contribution in [2.75, 3.05) is 0 Å². The summed E-state index contributed by atoms with van der Waals surface area (Å²) in [6.07, 6.45) is 2.09. The van der Waals surface area contributed by atoms with Crippen LogP contribution in [0.5, 0.6) is 0 Å². The molecule has 0 radical (unpaired) electrons. The third kappa shape index (κ3) is 5.11. The van der Waals surface area contributed by atoms with Gasteiger partial charge in [-0.25, -0.2) is 4.39 Å². The van der Waals surface area contributed by atoms with E-state index in [9.17, 15) is 4.39 Å². The highest BCUT2D eigenvalue weighted by Crippen LogP contribution is 2.40. The summed E-state index contributed by atoms with van der Waals surface area (Å²) in [4.78, 5) is 2.30. The molecule has 2 heteroatoms. The molecule has 0 saturated carbocycles. The van der Waals surface area contributed by atoms with Gasteiger partial charge in [-0.2, -0.15) is 0 Å². The first-order valence-electron chi connectivity index (χ1n) is 9.02. The van der Waals surface area contributed by atoms with E-state index in [0.717, 1.165) is 16.0 Å². The van der Waals surface area contributed by atoms with Crippen molar-refractivity contribution in [2.24, 2.45) is 0 Å². The molecular weight excluding hydrogens is 339 g/mol. The minimum absolute atomic E-state index is 0.134. The van der Waals surface area contributed by atoms with Crippen LogP contribution in [0.3, 0.4) is 0 Å². The number of hydrogen-bond acceptors (Lipinski definition) is 1. The lowest BCUT2D eigenvalue weighted by Crippen LogP contribution is -2.10. The summed E-state index contributed by atoms with van der Waals surface area (Å²) in [5.74, 6) is -0.188. The Hall–Kier alpha value is -1.80. The smallest absolute Gasteiger partial charge is 0.124 e. The van der Waals surface area contributed by atoms with E-state index in [-0.39, 0.29) is 11.2 Å².